The lowest BCUT2D eigenvalue weighted by atomic mass is 10.2. The van der Waals surface area contributed by atoms with E-state index < -0.39 is 17.9 Å². The number of hydrogen-bond acceptors (Lipinski definition) is 8. The number of benzene rings is 2. The summed E-state index contributed by atoms with van der Waals surface area (Å²) in [5, 5.41) is 2.23. The smallest absolute Gasteiger partial charge is 0.289 e. The van der Waals surface area contributed by atoms with Crippen LogP contribution in [0.2, 0.25) is 0 Å². The Morgan fingerprint density at radius 1 is 1.00 bits per heavy atom. The summed E-state index contributed by atoms with van der Waals surface area (Å²) in [4.78, 5) is 29.0. The summed E-state index contributed by atoms with van der Waals surface area (Å²) in [5.41, 5.74) is 5.66. The average Bonchev–Trinajstić information content (AvgIpc) is 3.33. The maximum absolute atomic E-state index is 12.4. The van der Waals surface area contributed by atoms with E-state index in [2.05, 4.69) is 15.8 Å². The third-order valence-corrected chi connectivity index (χ3v) is 5.37. The lowest BCUT2D eigenvalue weighted by Gasteiger charge is -2.15. The van der Waals surface area contributed by atoms with Gasteiger partial charge in [0.15, 0.2) is 17.6 Å². The Morgan fingerprint density at radius 3 is 2.36 bits per heavy atom. The summed E-state index contributed by atoms with van der Waals surface area (Å²) in [6.07, 6.45) is -0.832. The predicted octanol–water partition coefficient (Wildman–Crippen LogP) is 3.45. The number of nitrogens with one attached hydrogen (secondary N) is 2. The summed E-state index contributed by atoms with van der Waals surface area (Å²) >= 11 is 1.29. The van der Waals surface area contributed by atoms with Crippen molar-refractivity contribution in [1.29, 1.82) is 0 Å². The Hall–Kier alpha value is -3.79. The minimum atomic E-state index is -0.832. The first-order chi connectivity index (χ1) is 15.9. The molecule has 3 aromatic rings. The number of thiazole rings is 1. The molecule has 9 nitrogen and oxygen atoms in total. The summed E-state index contributed by atoms with van der Waals surface area (Å²) in [7, 11) is 3.10. The molecule has 0 aliphatic carbocycles. The third-order valence-electron chi connectivity index (χ3n) is 4.48. The van der Waals surface area contributed by atoms with E-state index in [1.165, 1.54) is 11.3 Å². The average molecular weight is 472 g/mol. The van der Waals surface area contributed by atoms with E-state index in [4.69, 9.17) is 18.9 Å². The first-order valence-corrected chi connectivity index (χ1v) is 11.0. The van der Waals surface area contributed by atoms with Crippen LogP contribution in [-0.4, -0.2) is 43.7 Å². The Kier molecular flexibility index (Phi) is 8.09. The normalized spacial score (nSPS) is 11.3. The number of carbonyl (C=O) groups is 2. The zero-order valence-electron chi connectivity index (χ0n) is 18.7. The maximum atomic E-state index is 12.4. The van der Waals surface area contributed by atoms with E-state index >= 15 is 0 Å². The van der Waals surface area contributed by atoms with Crippen LogP contribution in [0.3, 0.4) is 0 Å². The van der Waals surface area contributed by atoms with Gasteiger partial charge >= 0.3 is 0 Å². The van der Waals surface area contributed by atoms with Crippen LogP contribution in [0.1, 0.15) is 24.3 Å². The van der Waals surface area contributed by atoms with E-state index in [0.29, 0.717) is 34.6 Å². The quantitative estimate of drug-likeness (QED) is 0.460. The van der Waals surface area contributed by atoms with Gasteiger partial charge in [0.25, 0.3) is 11.8 Å². The van der Waals surface area contributed by atoms with Crippen LogP contribution in [-0.2, 0) is 4.79 Å². The van der Waals surface area contributed by atoms with E-state index in [0.717, 1.165) is 5.56 Å². The van der Waals surface area contributed by atoms with Gasteiger partial charge < -0.3 is 18.9 Å². The van der Waals surface area contributed by atoms with Crippen LogP contribution in [0.5, 0.6) is 23.0 Å². The molecule has 0 saturated carbocycles. The highest BCUT2D eigenvalue weighted by Crippen LogP contribution is 2.33. The molecule has 0 spiro atoms. The highest BCUT2D eigenvalue weighted by molar-refractivity contribution is 7.13. The van der Waals surface area contributed by atoms with Crippen LogP contribution >= 0.6 is 11.3 Å². The van der Waals surface area contributed by atoms with Crippen LogP contribution < -0.4 is 29.8 Å². The van der Waals surface area contributed by atoms with Crippen LogP contribution in [0, 0.1) is 0 Å². The molecule has 2 amide bonds. The van der Waals surface area contributed by atoms with Crippen molar-refractivity contribution in [2.45, 2.75) is 20.0 Å². The minimum absolute atomic E-state index is 0.171. The van der Waals surface area contributed by atoms with Gasteiger partial charge in [-0.2, -0.15) is 0 Å². The Bertz CT molecular complexity index is 1100. The Morgan fingerprint density at radius 2 is 1.70 bits per heavy atom. The van der Waals surface area contributed by atoms with E-state index in [1.807, 2.05) is 13.0 Å². The molecule has 1 unspecified atom stereocenters. The number of amides is 2. The lowest BCUT2D eigenvalue weighted by molar-refractivity contribution is -0.128. The van der Waals surface area contributed by atoms with Crippen LogP contribution in [0.4, 0.5) is 0 Å². The van der Waals surface area contributed by atoms with Gasteiger partial charge in [0.05, 0.1) is 20.8 Å². The summed E-state index contributed by atoms with van der Waals surface area (Å²) < 4.78 is 21.5. The van der Waals surface area contributed by atoms with Gasteiger partial charge in [0, 0.05) is 10.9 Å². The third kappa shape index (κ3) is 6.13. The summed E-state index contributed by atoms with van der Waals surface area (Å²) in [5.74, 6) is 1.33. The molecule has 0 saturated heterocycles. The van der Waals surface area contributed by atoms with E-state index in [-0.39, 0.29) is 5.69 Å². The molecule has 1 heterocycles. The van der Waals surface area contributed by atoms with Gasteiger partial charge in [-0.3, -0.25) is 20.4 Å². The summed E-state index contributed by atoms with van der Waals surface area (Å²) in [6.45, 7) is 4.04. The number of nitrogens with zero attached hydrogens (tertiary/aromatic N) is 1. The van der Waals surface area contributed by atoms with Crippen molar-refractivity contribution < 1.29 is 28.5 Å². The monoisotopic (exact) mass is 471 g/mol. The number of hydrazine groups is 1. The molecule has 2 N–H and O–H groups in total. The molecule has 0 fully saturated rings. The molecule has 10 heteroatoms. The maximum Gasteiger partial charge on any atom is 0.289 e. The van der Waals surface area contributed by atoms with Gasteiger partial charge in [-0.05, 0) is 56.3 Å². The second-order valence-electron chi connectivity index (χ2n) is 6.72. The fraction of sp³-hybridized carbons (Fsp3) is 0.261. The topological polar surface area (TPSA) is 108 Å². The molecule has 3 rings (SSSR count). The van der Waals surface area contributed by atoms with Crippen molar-refractivity contribution in [3.8, 4) is 33.6 Å². The second-order valence-corrected chi connectivity index (χ2v) is 7.57. The molecule has 1 atom stereocenters. The molecule has 1 aromatic heterocycles. The lowest BCUT2D eigenvalue weighted by Crippen LogP contribution is -2.47. The fourth-order valence-electron chi connectivity index (χ4n) is 2.80. The highest BCUT2D eigenvalue weighted by atomic mass is 32.1. The fourth-order valence-corrected chi connectivity index (χ4v) is 3.60. The number of ether oxygens (including phenoxy) is 4. The Balaban J connectivity index is 1.55. The second kappa shape index (κ2) is 11.2. The van der Waals surface area contributed by atoms with Gasteiger partial charge in [-0.15, -0.1) is 11.3 Å². The van der Waals surface area contributed by atoms with Crippen molar-refractivity contribution in [3.63, 3.8) is 0 Å². The molecular weight excluding hydrogens is 446 g/mol. The number of methoxy groups -OCH3 is 2. The number of carbonyl (C=O) groups excluding carboxylic acids is 2. The molecular formula is C23H25N3O6S. The van der Waals surface area contributed by atoms with Crippen molar-refractivity contribution in [2.24, 2.45) is 0 Å². The first-order valence-electron chi connectivity index (χ1n) is 10.1. The molecule has 0 radical (unpaired) electrons. The van der Waals surface area contributed by atoms with Crippen LogP contribution in [0.15, 0.2) is 47.8 Å². The van der Waals surface area contributed by atoms with E-state index in [1.54, 1.807) is 62.9 Å². The molecule has 174 valence electrons. The molecule has 0 bridgehead atoms. The summed E-state index contributed by atoms with van der Waals surface area (Å²) in [6, 6.07) is 12.3. The van der Waals surface area contributed by atoms with Crippen molar-refractivity contribution >= 4 is 23.2 Å². The van der Waals surface area contributed by atoms with Crippen molar-refractivity contribution in [3.05, 3.63) is 53.5 Å². The SMILES string of the molecule is CCOc1ccc(OC(C)C(=O)NNC(=O)c2csc(-c3ccc(OC)c(OC)c3)n2)cc1. The number of rotatable bonds is 9. The van der Waals surface area contributed by atoms with Gasteiger partial charge in [-0.25, -0.2) is 4.98 Å². The van der Waals surface area contributed by atoms with Gasteiger partial charge in [-0.1, -0.05) is 0 Å². The zero-order valence-corrected chi connectivity index (χ0v) is 19.5. The molecule has 2 aromatic carbocycles. The van der Waals surface area contributed by atoms with Gasteiger partial charge in [0.2, 0.25) is 0 Å². The number of aromatic nitrogens is 1. The van der Waals surface area contributed by atoms with Crippen LogP contribution in [0.25, 0.3) is 10.6 Å². The van der Waals surface area contributed by atoms with E-state index in [9.17, 15) is 9.59 Å². The highest BCUT2D eigenvalue weighted by Gasteiger charge is 2.18. The molecule has 0 aliphatic heterocycles. The molecule has 0 aliphatic rings. The van der Waals surface area contributed by atoms with Crippen molar-refractivity contribution in [2.75, 3.05) is 20.8 Å². The Labute approximate surface area is 195 Å². The zero-order chi connectivity index (χ0) is 23.8. The standard InChI is InChI=1S/C23H25N3O6S/c1-5-31-16-7-9-17(10-8-16)32-14(2)21(27)25-26-22(28)18-13-33-23(24-18)15-6-11-19(29-3)20(12-15)30-4/h6-14H,5H2,1-4H3,(H,25,27)(H,26,28). The van der Waals surface area contributed by atoms with Crippen molar-refractivity contribution in [1.82, 2.24) is 15.8 Å². The molecule has 33 heavy (non-hydrogen) atoms. The minimum Gasteiger partial charge on any atom is -0.494 e. The number of hydrogen-bond donors (Lipinski definition) is 2. The first kappa shape index (κ1) is 23.9. The predicted molar refractivity (Wildman–Crippen MR) is 124 cm³/mol. The van der Waals surface area contributed by atoms with Gasteiger partial charge in [0.1, 0.15) is 22.2 Å². The largest absolute Gasteiger partial charge is 0.494 e.